The van der Waals surface area contributed by atoms with Crippen molar-refractivity contribution in [3.63, 3.8) is 0 Å². The molecule has 124 valence electrons. The number of hydrogen-bond donors (Lipinski definition) is 1. The van der Waals surface area contributed by atoms with E-state index in [1.807, 2.05) is 27.0 Å². The molecule has 2 aromatic rings. The van der Waals surface area contributed by atoms with Crippen molar-refractivity contribution in [1.82, 2.24) is 14.3 Å². The van der Waals surface area contributed by atoms with Crippen LogP contribution >= 0.6 is 11.6 Å². The molecule has 0 bridgehead atoms. The monoisotopic (exact) mass is 337 g/mol. The molecule has 1 N–H and O–H groups in total. The van der Waals surface area contributed by atoms with Crippen molar-refractivity contribution in [2.45, 2.75) is 45.3 Å². The van der Waals surface area contributed by atoms with E-state index in [0.29, 0.717) is 22.8 Å². The fraction of sp³-hybridized carbons (Fsp3) is 0.500. The lowest BCUT2D eigenvalue weighted by atomic mass is 10.1. The SMILES string of the molecule is CC(C)(C)OC(=O)N1CCCC1c1cn2ccc(Cl)c2c(=O)[nH]1. The normalized spacial score (nSPS) is 18.6. The zero-order valence-electron chi connectivity index (χ0n) is 13.4. The molecular formula is C16H20ClN3O3. The van der Waals surface area contributed by atoms with Crippen LogP contribution in [0.1, 0.15) is 45.3 Å². The molecule has 0 saturated carbocycles. The van der Waals surface area contributed by atoms with Gasteiger partial charge < -0.3 is 14.1 Å². The molecule has 0 radical (unpaired) electrons. The minimum Gasteiger partial charge on any atom is -0.444 e. The molecule has 0 spiro atoms. The number of hydrogen-bond acceptors (Lipinski definition) is 3. The Balaban J connectivity index is 1.94. The maximum atomic E-state index is 12.4. The van der Waals surface area contributed by atoms with Crippen LogP contribution in [0, 0.1) is 0 Å². The lowest BCUT2D eigenvalue weighted by Crippen LogP contribution is -2.37. The molecular weight excluding hydrogens is 318 g/mol. The zero-order chi connectivity index (χ0) is 16.8. The van der Waals surface area contributed by atoms with Gasteiger partial charge in [0.1, 0.15) is 11.1 Å². The molecule has 3 rings (SSSR count). The van der Waals surface area contributed by atoms with Crippen LogP contribution in [0.3, 0.4) is 0 Å². The number of ether oxygens (including phenoxy) is 1. The Kier molecular flexibility index (Phi) is 3.88. The number of nitrogens with one attached hydrogen (secondary N) is 1. The molecule has 0 aromatic carbocycles. The van der Waals surface area contributed by atoms with E-state index in [0.717, 1.165) is 12.8 Å². The van der Waals surface area contributed by atoms with E-state index in [9.17, 15) is 9.59 Å². The Labute approximate surface area is 139 Å². The van der Waals surface area contributed by atoms with Crippen LogP contribution in [-0.4, -0.2) is 32.5 Å². The van der Waals surface area contributed by atoms with Crippen molar-refractivity contribution in [3.05, 3.63) is 39.5 Å². The maximum absolute atomic E-state index is 12.4. The first kappa shape index (κ1) is 15.9. The second-order valence-electron chi connectivity index (χ2n) is 6.79. The Morgan fingerprint density at radius 3 is 2.87 bits per heavy atom. The summed E-state index contributed by atoms with van der Waals surface area (Å²) in [5, 5.41) is 0.410. The summed E-state index contributed by atoms with van der Waals surface area (Å²) in [6.45, 7) is 6.13. The van der Waals surface area contributed by atoms with Crippen molar-refractivity contribution in [3.8, 4) is 0 Å². The van der Waals surface area contributed by atoms with E-state index in [2.05, 4.69) is 4.98 Å². The first-order chi connectivity index (χ1) is 10.8. The molecule has 1 unspecified atom stereocenters. The van der Waals surface area contributed by atoms with E-state index >= 15 is 0 Å². The van der Waals surface area contributed by atoms with Crippen molar-refractivity contribution in [2.75, 3.05) is 6.54 Å². The molecule has 23 heavy (non-hydrogen) atoms. The molecule has 1 aliphatic rings. The van der Waals surface area contributed by atoms with Gasteiger partial charge in [-0.2, -0.15) is 0 Å². The summed E-state index contributed by atoms with van der Waals surface area (Å²) in [6.07, 6.45) is 4.86. The van der Waals surface area contributed by atoms with Gasteiger partial charge in [0.05, 0.1) is 16.8 Å². The summed E-state index contributed by atoms with van der Waals surface area (Å²) in [6, 6.07) is 1.49. The highest BCUT2D eigenvalue weighted by molar-refractivity contribution is 6.33. The summed E-state index contributed by atoms with van der Waals surface area (Å²) in [7, 11) is 0. The van der Waals surface area contributed by atoms with Gasteiger partial charge in [0.2, 0.25) is 0 Å². The molecule has 6 nitrogen and oxygen atoms in total. The van der Waals surface area contributed by atoms with Crippen LogP contribution < -0.4 is 5.56 Å². The topological polar surface area (TPSA) is 66.8 Å². The molecule has 1 saturated heterocycles. The number of carbonyl (C=O) groups is 1. The van der Waals surface area contributed by atoms with E-state index < -0.39 is 5.60 Å². The largest absolute Gasteiger partial charge is 0.444 e. The van der Waals surface area contributed by atoms with E-state index in [1.54, 1.807) is 21.6 Å². The molecule has 0 aliphatic carbocycles. The Bertz CT molecular complexity index is 803. The number of aromatic nitrogens is 2. The number of amides is 1. The van der Waals surface area contributed by atoms with Crippen LogP contribution in [0.4, 0.5) is 4.79 Å². The molecule has 1 fully saturated rings. The number of nitrogens with zero attached hydrogens (tertiary/aromatic N) is 2. The van der Waals surface area contributed by atoms with Crippen molar-refractivity contribution in [1.29, 1.82) is 0 Å². The van der Waals surface area contributed by atoms with Crippen molar-refractivity contribution in [2.24, 2.45) is 0 Å². The highest BCUT2D eigenvalue weighted by Gasteiger charge is 2.34. The number of aromatic amines is 1. The number of halogens is 1. The fourth-order valence-corrected chi connectivity index (χ4v) is 3.17. The van der Waals surface area contributed by atoms with Gasteiger partial charge in [-0.15, -0.1) is 0 Å². The first-order valence-electron chi connectivity index (χ1n) is 7.65. The highest BCUT2D eigenvalue weighted by Crippen LogP contribution is 2.32. The van der Waals surface area contributed by atoms with Gasteiger partial charge in [0.15, 0.2) is 0 Å². The minimum absolute atomic E-state index is 0.192. The average Bonchev–Trinajstić information content (AvgIpc) is 3.04. The third-order valence-electron chi connectivity index (χ3n) is 3.86. The summed E-state index contributed by atoms with van der Waals surface area (Å²) < 4.78 is 7.16. The fourth-order valence-electron chi connectivity index (χ4n) is 2.93. The number of rotatable bonds is 1. The second-order valence-corrected chi connectivity index (χ2v) is 7.20. The smallest absolute Gasteiger partial charge is 0.410 e. The van der Waals surface area contributed by atoms with Gasteiger partial charge >= 0.3 is 6.09 Å². The van der Waals surface area contributed by atoms with Crippen molar-refractivity contribution >= 4 is 23.2 Å². The second kappa shape index (κ2) is 5.60. The maximum Gasteiger partial charge on any atom is 0.410 e. The summed E-state index contributed by atoms with van der Waals surface area (Å²) >= 11 is 6.02. The number of fused-ring (bicyclic) bond motifs is 1. The van der Waals surface area contributed by atoms with E-state index in [1.165, 1.54) is 0 Å². The molecule has 1 amide bonds. The van der Waals surface area contributed by atoms with Crippen LogP contribution in [0.5, 0.6) is 0 Å². The average molecular weight is 338 g/mol. The molecule has 3 heterocycles. The van der Waals surface area contributed by atoms with Gasteiger partial charge in [0.25, 0.3) is 5.56 Å². The quantitative estimate of drug-likeness (QED) is 0.867. The Hall–Kier alpha value is -1.95. The van der Waals surface area contributed by atoms with Crippen LogP contribution in [0.15, 0.2) is 23.3 Å². The van der Waals surface area contributed by atoms with Gasteiger partial charge in [-0.1, -0.05) is 11.6 Å². The van der Waals surface area contributed by atoms with Crippen LogP contribution in [-0.2, 0) is 4.74 Å². The Morgan fingerprint density at radius 2 is 2.17 bits per heavy atom. The van der Waals surface area contributed by atoms with Gasteiger partial charge in [0, 0.05) is 18.9 Å². The molecule has 1 aliphatic heterocycles. The third kappa shape index (κ3) is 3.08. The van der Waals surface area contributed by atoms with Crippen LogP contribution in [0.2, 0.25) is 5.02 Å². The third-order valence-corrected chi connectivity index (χ3v) is 4.16. The minimum atomic E-state index is -0.546. The summed E-state index contributed by atoms with van der Waals surface area (Å²) in [5.74, 6) is 0. The Morgan fingerprint density at radius 1 is 1.43 bits per heavy atom. The molecule has 7 heteroatoms. The standard InChI is InChI=1S/C16H20ClN3O3/c1-16(2,3)23-15(22)20-7-4-5-12(20)11-9-19-8-6-10(17)13(19)14(21)18-11/h6,8-9,12H,4-5,7H2,1-3H3,(H,18,21). The number of carbonyl (C=O) groups excluding carboxylic acids is 1. The number of likely N-dealkylation sites (tertiary alicyclic amines) is 1. The van der Waals surface area contributed by atoms with E-state index in [-0.39, 0.29) is 17.7 Å². The van der Waals surface area contributed by atoms with Gasteiger partial charge in [-0.05, 0) is 39.7 Å². The predicted octanol–water partition coefficient (Wildman–Crippen LogP) is 3.35. The van der Waals surface area contributed by atoms with Crippen molar-refractivity contribution < 1.29 is 9.53 Å². The summed E-state index contributed by atoms with van der Waals surface area (Å²) in [4.78, 5) is 29.2. The number of H-pyrrole nitrogens is 1. The lowest BCUT2D eigenvalue weighted by Gasteiger charge is -2.28. The van der Waals surface area contributed by atoms with Crippen LogP contribution in [0.25, 0.3) is 5.52 Å². The van der Waals surface area contributed by atoms with Gasteiger partial charge in [-0.3, -0.25) is 9.69 Å². The lowest BCUT2D eigenvalue weighted by molar-refractivity contribution is 0.0221. The first-order valence-corrected chi connectivity index (χ1v) is 8.03. The summed E-state index contributed by atoms with van der Waals surface area (Å²) in [5.41, 5.74) is 0.305. The molecule has 2 aromatic heterocycles. The highest BCUT2D eigenvalue weighted by atomic mass is 35.5. The molecule has 1 atom stereocenters. The van der Waals surface area contributed by atoms with Gasteiger partial charge in [-0.25, -0.2) is 4.79 Å². The zero-order valence-corrected chi connectivity index (χ0v) is 14.2. The predicted molar refractivity (Wildman–Crippen MR) is 87.9 cm³/mol. The van der Waals surface area contributed by atoms with E-state index in [4.69, 9.17) is 16.3 Å².